The Labute approximate surface area is 183 Å². The van der Waals surface area contributed by atoms with Crippen molar-refractivity contribution < 1.29 is 29.0 Å². The van der Waals surface area contributed by atoms with Gasteiger partial charge >= 0.3 is 11.9 Å². The molecule has 0 radical (unpaired) electrons. The minimum atomic E-state index is -1.01. The van der Waals surface area contributed by atoms with Gasteiger partial charge in [-0.2, -0.15) is 0 Å². The lowest BCUT2D eigenvalue weighted by molar-refractivity contribution is -0.155. The monoisotopic (exact) mass is 430 g/mol. The van der Waals surface area contributed by atoms with Crippen LogP contribution in [-0.2, 0) is 23.9 Å². The summed E-state index contributed by atoms with van der Waals surface area (Å²) in [4.78, 5) is 47.6. The van der Waals surface area contributed by atoms with Crippen LogP contribution in [0.3, 0.4) is 0 Å². The number of Topliss-reactive ketones (excluding diaryl/α,β-unsaturated/α-hetero) is 1. The van der Waals surface area contributed by atoms with Gasteiger partial charge in [0.25, 0.3) is 0 Å². The van der Waals surface area contributed by atoms with Crippen molar-refractivity contribution in [2.24, 2.45) is 34.5 Å². The average Bonchev–Trinajstić information content (AvgIpc) is 3.08. The van der Waals surface area contributed by atoms with Crippen LogP contribution >= 0.6 is 0 Å². The van der Waals surface area contributed by atoms with Gasteiger partial charge < -0.3 is 9.84 Å². The number of fused-ring (bicyclic) bond motifs is 5. The first-order valence-electron chi connectivity index (χ1n) is 11.8. The Balaban J connectivity index is 1.59. The van der Waals surface area contributed by atoms with Crippen molar-refractivity contribution in [3.8, 4) is 0 Å². The van der Waals surface area contributed by atoms with E-state index in [-0.39, 0.29) is 42.0 Å². The molecule has 0 aromatic carbocycles. The van der Waals surface area contributed by atoms with Crippen molar-refractivity contribution >= 4 is 23.5 Å². The van der Waals surface area contributed by atoms with E-state index < -0.39 is 11.9 Å². The molecule has 3 saturated carbocycles. The summed E-state index contributed by atoms with van der Waals surface area (Å²) in [6.07, 6.45) is 8.52. The molecule has 6 nitrogen and oxygen atoms in total. The average molecular weight is 431 g/mol. The number of carboxylic acids is 1. The fourth-order valence-electron chi connectivity index (χ4n) is 7.79. The van der Waals surface area contributed by atoms with E-state index >= 15 is 0 Å². The summed E-state index contributed by atoms with van der Waals surface area (Å²) in [5, 5.41) is 8.84. The number of aliphatic carboxylic acids is 1. The molecule has 1 N–H and O–H groups in total. The largest absolute Gasteiger partial charge is 0.481 e. The Hall–Kier alpha value is -1.98. The van der Waals surface area contributed by atoms with Gasteiger partial charge in [0.2, 0.25) is 0 Å². The van der Waals surface area contributed by atoms with Crippen LogP contribution in [0.5, 0.6) is 0 Å². The number of esters is 1. The van der Waals surface area contributed by atoms with E-state index in [4.69, 9.17) is 9.84 Å². The number of ketones is 2. The molecule has 0 spiro atoms. The zero-order valence-electron chi connectivity index (χ0n) is 18.7. The first-order valence-corrected chi connectivity index (χ1v) is 11.8. The van der Waals surface area contributed by atoms with Crippen LogP contribution < -0.4 is 0 Å². The van der Waals surface area contributed by atoms with E-state index in [1.165, 1.54) is 0 Å². The molecule has 0 amide bonds. The molecule has 0 bridgehead atoms. The number of hydrogen-bond donors (Lipinski definition) is 1. The predicted octanol–water partition coefficient (Wildman–Crippen LogP) is 4.11. The van der Waals surface area contributed by atoms with Crippen molar-refractivity contribution in [3.63, 3.8) is 0 Å². The van der Waals surface area contributed by atoms with Crippen molar-refractivity contribution in [3.05, 3.63) is 11.6 Å². The molecule has 170 valence electrons. The SMILES string of the molecule is CC(=O)[C@H]1CC[C@H]2[C@@H]3CCC4=CC(=O)CC[C@]4(COC(=O)CCC(=O)O)[C@@H]3CC[C@]12C. The van der Waals surface area contributed by atoms with Gasteiger partial charge in [-0.25, -0.2) is 0 Å². The third kappa shape index (κ3) is 3.76. The maximum atomic E-state index is 12.3. The summed E-state index contributed by atoms with van der Waals surface area (Å²) in [6, 6.07) is 0. The van der Waals surface area contributed by atoms with Crippen LogP contribution in [0.4, 0.5) is 0 Å². The Morgan fingerprint density at radius 3 is 2.55 bits per heavy atom. The lowest BCUT2D eigenvalue weighted by atomic mass is 9.46. The topological polar surface area (TPSA) is 97.7 Å². The summed E-state index contributed by atoms with van der Waals surface area (Å²) < 4.78 is 5.66. The smallest absolute Gasteiger partial charge is 0.306 e. The molecule has 6 atom stereocenters. The summed E-state index contributed by atoms with van der Waals surface area (Å²) in [7, 11) is 0. The molecule has 3 fully saturated rings. The number of hydrogen-bond acceptors (Lipinski definition) is 5. The minimum absolute atomic E-state index is 0.0536. The molecule has 0 saturated heterocycles. The Kier molecular flexibility index (Phi) is 5.86. The van der Waals surface area contributed by atoms with Crippen LogP contribution in [-0.4, -0.2) is 35.2 Å². The number of ether oxygens (including phenoxy) is 1. The van der Waals surface area contributed by atoms with E-state index in [9.17, 15) is 19.2 Å². The summed E-state index contributed by atoms with van der Waals surface area (Å²) in [5.74, 6) is 0.442. The fraction of sp³-hybridized carbons (Fsp3) is 0.760. The number of carbonyl (C=O) groups excluding carboxylic acids is 3. The van der Waals surface area contributed by atoms with Crippen LogP contribution in [0, 0.1) is 34.5 Å². The molecule has 0 heterocycles. The first-order chi connectivity index (χ1) is 14.7. The van der Waals surface area contributed by atoms with E-state index in [2.05, 4.69) is 6.92 Å². The van der Waals surface area contributed by atoms with Crippen LogP contribution in [0.1, 0.15) is 78.1 Å². The van der Waals surface area contributed by atoms with E-state index in [0.29, 0.717) is 36.4 Å². The molecular formula is C25H34O6. The highest BCUT2D eigenvalue weighted by atomic mass is 16.5. The normalized spacial score (nSPS) is 39.0. The van der Waals surface area contributed by atoms with Gasteiger partial charge in [-0.05, 0) is 81.1 Å². The third-order valence-electron chi connectivity index (χ3n) is 9.21. The minimum Gasteiger partial charge on any atom is -0.481 e. The van der Waals surface area contributed by atoms with E-state index in [0.717, 1.165) is 44.1 Å². The highest BCUT2D eigenvalue weighted by Gasteiger charge is 2.61. The summed E-state index contributed by atoms with van der Waals surface area (Å²) in [6.45, 7) is 4.28. The van der Waals surface area contributed by atoms with Gasteiger partial charge in [0.15, 0.2) is 5.78 Å². The zero-order chi connectivity index (χ0) is 22.4. The van der Waals surface area contributed by atoms with Gasteiger partial charge in [0, 0.05) is 17.8 Å². The zero-order valence-corrected chi connectivity index (χ0v) is 18.7. The van der Waals surface area contributed by atoms with Crippen LogP contribution in [0.25, 0.3) is 0 Å². The first kappa shape index (κ1) is 22.2. The van der Waals surface area contributed by atoms with Crippen LogP contribution in [0.15, 0.2) is 11.6 Å². The van der Waals surface area contributed by atoms with Gasteiger partial charge in [-0.15, -0.1) is 0 Å². The van der Waals surface area contributed by atoms with Crippen molar-refractivity contribution in [2.75, 3.05) is 6.61 Å². The molecule has 0 aromatic heterocycles. The number of rotatable bonds is 6. The molecule has 4 rings (SSSR count). The van der Waals surface area contributed by atoms with Crippen LogP contribution in [0.2, 0.25) is 0 Å². The summed E-state index contributed by atoms with van der Waals surface area (Å²) in [5.41, 5.74) is 0.865. The summed E-state index contributed by atoms with van der Waals surface area (Å²) >= 11 is 0. The molecular weight excluding hydrogens is 396 g/mol. The molecule has 0 unspecified atom stereocenters. The molecule has 31 heavy (non-hydrogen) atoms. The molecule has 0 aromatic rings. The third-order valence-corrected chi connectivity index (χ3v) is 9.21. The van der Waals surface area contributed by atoms with E-state index in [1.54, 1.807) is 13.0 Å². The van der Waals surface area contributed by atoms with Crippen molar-refractivity contribution in [1.29, 1.82) is 0 Å². The highest BCUT2D eigenvalue weighted by molar-refractivity contribution is 5.91. The second-order valence-corrected chi connectivity index (χ2v) is 10.5. The molecule has 6 heteroatoms. The lowest BCUT2D eigenvalue weighted by Gasteiger charge is -2.58. The highest BCUT2D eigenvalue weighted by Crippen LogP contribution is 2.66. The number of carboxylic acid groups (broad SMARTS) is 1. The molecule has 0 aliphatic heterocycles. The van der Waals surface area contributed by atoms with Crippen molar-refractivity contribution in [2.45, 2.75) is 78.1 Å². The maximum Gasteiger partial charge on any atom is 0.306 e. The van der Waals surface area contributed by atoms with Gasteiger partial charge in [-0.3, -0.25) is 19.2 Å². The Bertz CT molecular complexity index is 828. The fourth-order valence-corrected chi connectivity index (χ4v) is 7.79. The Morgan fingerprint density at radius 2 is 1.84 bits per heavy atom. The van der Waals surface area contributed by atoms with Gasteiger partial charge in [0.05, 0.1) is 12.8 Å². The van der Waals surface area contributed by atoms with Gasteiger partial charge in [-0.1, -0.05) is 12.5 Å². The Morgan fingerprint density at radius 1 is 1.06 bits per heavy atom. The standard InChI is InChI=1S/C25H34O6/c1-15(26)19-5-6-20-18-4-3-16-13-17(27)9-12-25(16,21(18)10-11-24(19,20)2)14-31-23(30)8-7-22(28)29/h13,18-21H,3-12,14H2,1-2H3,(H,28,29)/t18-,19+,20-,21+,24+,25+/m0/s1. The predicted molar refractivity (Wildman–Crippen MR) is 113 cm³/mol. The quantitative estimate of drug-likeness (QED) is 0.637. The molecule has 4 aliphatic carbocycles. The lowest BCUT2D eigenvalue weighted by Crippen LogP contribution is -2.53. The maximum absolute atomic E-state index is 12.3. The second-order valence-electron chi connectivity index (χ2n) is 10.5. The van der Waals surface area contributed by atoms with Gasteiger partial charge in [0.1, 0.15) is 12.4 Å². The second kappa shape index (κ2) is 8.18. The number of carbonyl (C=O) groups is 4. The molecule has 4 aliphatic rings. The van der Waals surface area contributed by atoms with E-state index in [1.807, 2.05) is 0 Å². The van der Waals surface area contributed by atoms with Crippen molar-refractivity contribution in [1.82, 2.24) is 0 Å².